The lowest BCUT2D eigenvalue weighted by Crippen LogP contribution is -2.23. The molecule has 0 spiro atoms. The summed E-state index contributed by atoms with van der Waals surface area (Å²) in [6.45, 7) is 0.334. The van der Waals surface area contributed by atoms with E-state index in [4.69, 9.17) is 5.73 Å². The summed E-state index contributed by atoms with van der Waals surface area (Å²) < 4.78 is 1.58. The van der Waals surface area contributed by atoms with Crippen LogP contribution >= 0.6 is 0 Å². The molecule has 6 nitrogen and oxygen atoms in total. The lowest BCUT2D eigenvalue weighted by Gasteiger charge is -2.05. The number of aromatic nitrogens is 3. The third-order valence-corrected chi connectivity index (χ3v) is 2.29. The number of aryl methyl sites for hydroxylation is 1. The van der Waals surface area contributed by atoms with Gasteiger partial charge in [0.2, 0.25) is 0 Å². The molecule has 0 radical (unpaired) electrons. The fourth-order valence-corrected chi connectivity index (χ4v) is 1.45. The predicted octanol–water partition coefficient (Wildman–Crippen LogP) is 0.327. The average Bonchev–Trinajstić information content (AvgIpc) is 2.73. The summed E-state index contributed by atoms with van der Waals surface area (Å²) in [7, 11) is 1.77. The number of anilines is 1. The molecule has 2 aromatic rings. The lowest BCUT2D eigenvalue weighted by atomic mass is 10.1. The van der Waals surface area contributed by atoms with E-state index in [9.17, 15) is 4.79 Å². The second-order valence-corrected chi connectivity index (χ2v) is 3.65. The molecule has 0 atom stereocenters. The maximum Gasteiger partial charge on any atom is 0.253 e. The minimum absolute atomic E-state index is 0.214. The number of para-hydroxylation sites is 1. The van der Waals surface area contributed by atoms with Crippen LogP contribution in [0.3, 0.4) is 0 Å². The van der Waals surface area contributed by atoms with E-state index < -0.39 is 0 Å². The standard InChI is InChI=1S/C11H13N5O/c1-16-7-8(14-15-16)6-13-11(17)9-4-2-3-5-10(9)12/h2-5,7H,6,12H2,1H3,(H,13,17). The number of benzene rings is 1. The monoisotopic (exact) mass is 231 g/mol. The van der Waals surface area contributed by atoms with E-state index in [0.29, 0.717) is 23.5 Å². The van der Waals surface area contributed by atoms with E-state index in [0.717, 1.165) is 0 Å². The fraction of sp³-hybridized carbons (Fsp3) is 0.182. The first-order valence-electron chi connectivity index (χ1n) is 5.14. The Hall–Kier alpha value is -2.37. The number of hydrogen-bond acceptors (Lipinski definition) is 4. The summed E-state index contributed by atoms with van der Waals surface area (Å²) in [5.41, 5.74) is 7.34. The molecule has 3 N–H and O–H groups in total. The molecule has 2 rings (SSSR count). The van der Waals surface area contributed by atoms with Crippen LogP contribution in [0.25, 0.3) is 0 Å². The van der Waals surface area contributed by atoms with Crippen molar-refractivity contribution >= 4 is 11.6 Å². The Labute approximate surface area is 98.4 Å². The topological polar surface area (TPSA) is 85.8 Å². The number of nitrogens with zero attached hydrogens (tertiary/aromatic N) is 3. The SMILES string of the molecule is Cn1cc(CNC(=O)c2ccccc2N)nn1. The summed E-state index contributed by atoms with van der Waals surface area (Å²) >= 11 is 0. The second-order valence-electron chi connectivity index (χ2n) is 3.65. The lowest BCUT2D eigenvalue weighted by molar-refractivity contribution is 0.0951. The number of nitrogens with two attached hydrogens (primary N) is 1. The maximum absolute atomic E-state index is 11.8. The summed E-state index contributed by atoms with van der Waals surface area (Å²) in [6, 6.07) is 6.93. The molecule has 1 heterocycles. The van der Waals surface area contributed by atoms with Crippen molar-refractivity contribution in [1.29, 1.82) is 0 Å². The van der Waals surface area contributed by atoms with Gasteiger partial charge in [-0.05, 0) is 12.1 Å². The molecule has 88 valence electrons. The minimum atomic E-state index is -0.214. The first kappa shape index (κ1) is 11.1. The van der Waals surface area contributed by atoms with Crippen LogP contribution in [0.2, 0.25) is 0 Å². The van der Waals surface area contributed by atoms with Gasteiger partial charge >= 0.3 is 0 Å². The van der Waals surface area contributed by atoms with Crippen molar-refractivity contribution in [2.24, 2.45) is 7.05 Å². The van der Waals surface area contributed by atoms with Crippen LogP contribution in [-0.2, 0) is 13.6 Å². The van der Waals surface area contributed by atoms with Gasteiger partial charge in [0.05, 0.1) is 12.1 Å². The van der Waals surface area contributed by atoms with Crippen LogP contribution < -0.4 is 11.1 Å². The second kappa shape index (κ2) is 4.65. The van der Waals surface area contributed by atoms with Crippen molar-refractivity contribution in [1.82, 2.24) is 20.3 Å². The number of amides is 1. The van der Waals surface area contributed by atoms with Gasteiger partial charge in [-0.1, -0.05) is 17.3 Å². The Bertz CT molecular complexity index is 534. The zero-order valence-corrected chi connectivity index (χ0v) is 9.42. The highest BCUT2D eigenvalue weighted by atomic mass is 16.1. The third kappa shape index (κ3) is 2.60. The van der Waals surface area contributed by atoms with Crippen molar-refractivity contribution in [2.75, 3.05) is 5.73 Å². The van der Waals surface area contributed by atoms with Gasteiger partial charge in [0, 0.05) is 18.9 Å². The highest BCUT2D eigenvalue weighted by Crippen LogP contribution is 2.09. The van der Waals surface area contributed by atoms with Crippen molar-refractivity contribution < 1.29 is 4.79 Å². The number of carbonyl (C=O) groups is 1. The van der Waals surface area contributed by atoms with E-state index in [1.54, 1.807) is 42.2 Å². The summed E-state index contributed by atoms with van der Waals surface area (Å²) in [5.74, 6) is -0.214. The van der Waals surface area contributed by atoms with E-state index in [2.05, 4.69) is 15.6 Å². The van der Waals surface area contributed by atoms with Gasteiger partial charge in [-0.2, -0.15) is 0 Å². The van der Waals surface area contributed by atoms with E-state index >= 15 is 0 Å². The molecule has 0 fully saturated rings. The molecular weight excluding hydrogens is 218 g/mol. The van der Waals surface area contributed by atoms with Gasteiger partial charge in [-0.25, -0.2) is 0 Å². The Balaban J connectivity index is 2.01. The number of nitrogens with one attached hydrogen (secondary N) is 1. The number of hydrogen-bond donors (Lipinski definition) is 2. The Morgan fingerprint density at radius 1 is 1.47 bits per heavy atom. The molecule has 0 bridgehead atoms. The Morgan fingerprint density at radius 2 is 2.24 bits per heavy atom. The van der Waals surface area contributed by atoms with E-state index in [1.807, 2.05) is 0 Å². The minimum Gasteiger partial charge on any atom is -0.398 e. The number of rotatable bonds is 3. The van der Waals surface area contributed by atoms with Crippen LogP contribution in [0.5, 0.6) is 0 Å². The van der Waals surface area contributed by atoms with Crippen molar-refractivity contribution in [2.45, 2.75) is 6.54 Å². The smallest absolute Gasteiger partial charge is 0.253 e. The van der Waals surface area contributed by atoms with Crippen molar-refractivity contribution in [3.8, 4) is 0 Å². The highest BCUT2D eigenvalue weighted by Gasteiger charge is 2.08. The van der Waals surface area contributed by atoms with Crippen LogP contribution in [-0.4, -0.2) is 20.9 Å². The zero-order valence-electron chi connectivity index (χ0n) is 9.42. The van der Waals surface area contributed by atoms with Gasteiger partial charge < -0.3 is 11.1 Å². The average molecular weight is 231 g/mol. The molecule has 6 heteroatoms. The molecule has 0 aliphatic carbocycles. The summed E-state index contributed by atoms with van der Waals surface area (Å²) in [6.07, 6.45) is 1.74. The van der Waals surface area contributed by atoms with Crippen LogP contribution in [0.4, 0.5) is 5.69 Å². The molecule has 1 amide bonds. The number of carbonyl (C=O) groups excluding carboxylic acids is 1. The normalized spacial score (nSPS) is 10.2. The fourth-order valence-electron chi connectivity index (χ4n) is 1.45. The first-order chi connectivity index (χ1) is 8.16. The summed E-state index contributed by atoms with van der Waals surface area (Å²) in [4.78, 5) is 11.8. The Kier molecular flexibility index (Phi) is 3.04. The van der Waals surface area contributed by atoms with E-state index in [-0.39, 0.29) is 5.91 Å². The van der Waals surface area contributed by atoms with Gasteiger partial charge in [-0.3, -0.25) is 9.48 Å². The summed E-state index contributed by atoms with van der Waals surface area (Å²) in [5, 5.41) is 10.4. The molecule has 0 unspecified atom stereocenters. The molecule has 17 heavy (non-hydrogen) atoms. The first-order valence-corrected chi connectivity index (χ1v) is 5.14. The zero-order chi connectivity index (χ0) is 12.3. The molecule has 0 aliphatic heterocycles. The third-order valence-electron chi connectivity index (χ3n) is 2.29. The predicted molar refractivity (Wildman–Crippen MR) is 63.0 cm³/mol. The molecule has 0 aliphatic rings. The van der Waals surface area contributed by atoms with Crippen LogP contribution in [0.15, 0.2) is 30.5 Å². The van der Waals surface area contributed by atoms with Gasteiger partial charge in [0.15, 0.2) is 0 Å². The molecule has 1 aromatic carbocycles. The van der Waals surface area contributed by atoms with Crippen LogP contribution in [0.1, 0.15) is 16.1 Å². The van der Waals surface area contributed by atoms with Crippen molar-refractivity contribution in [3.05, 3.63) is 41.7 Å². The van der Waals surface area contributed by atoms with Gasteiger partial charge in [0.25, 0.3) is 5.91 Å². The maximum atomic E-state index is 11.8. The highest BCUT2D eigenvalue weighted by molar-refractivity contribution is 5.98. The molecular formula is C11H13N5O. The quantitative estimate of drug-likeness (QED) is 0.745. The number of nitrogen functional groups attached to an aromatic ring is 1. The van der Waals surface area contributed by atoms with Gasteiger partial charge in [-0.15, -0.1) is 5.10 Å². The van der Waals surface area contributed by atoms with Gasteiger partial charge in [0.1, 0.15) is 5.69 Å². The van der Waals surface area contributed by atoms with Crippen LogP contribution in [0, 0.1) is 0 Å². The Morgan fingerprint density at radius 3 is 2.88 bits per heavy atom. The molecule has 1 aromatic heterocycles. The largest absolute Gasteiger partial charge is 0.398 e. The molecule has 0 saturated carbocycles. The van der Waals surface area contributed by atoms with E-state index in [1.165, 1.54) is 0 Å². The van der Waals surface area contributed by atoms with Crippen molar-refractivity contribution in [3.63, 3.8) is 0 Å². The molecule has 0 saturated heterocycles.